The van der Waals surface area contributed by atoms with Crippen LogP contribution in [0.3, 0.4) is 0 Å². The van der Waals surface area contributed by atoms with Gasteiger partial charge in [0, 0.05) is 25.7 Å². The molecule has 4 nitrogen and oxygen atoms in total. The first-order valence-electron chi connectivity index (χ1n) is 7.59. The molecule has 0 unspecified atom stereocenters. The monoisotopic (exact) mass is 352 g/mol. The molecule has 1 atom stereocenters. The second-order valence-corrected chi connectivity index (χ2v) is 7.80. The molecule has 1 aliphatic heterocycles. The van der Waals surface area contributed by atoms with E-state index < -0.39 is 27.7 Å². The summed E-state index contributed by atoms with van der Waals surface area (Å²) in [6, 6.07) is 11.2. The third kappa shape index (κ3) is 3.33. The highest BCUT2D eigenvalue weighted by Crippen LogP contribution is 2.31. The lowest BCUT2D eigenvalue weighted by molar-refractivity contribution is 0.160. The maximum Gasteiger partial charge on any atom is 0.243 e. The lowest BCUT2D eigenvalue weighted by Crippen LogP contribution is -2.49. The number of rotatable bonds is 3. The van der Waals surface area contributed by atoms with Crippen LogP contribution in [0.25, 0.3) is 0 Å². The lowest BCUT2D eigenvalue weighted by atomic mass is 10.1. The van der Waals surface area contributed by atoms with Gasteiger partial charge in [-0.15, -0.1) is 0 Å². The number of sulfonamides is 1. The average Bonchev–Trinajstić information content (AvgIpc) is 2.54. The third-order valence-electron chi connectivity index (χ3n) is 4.16. The molecular formula is C17H18F2N2O2S. The minimum Gasteiger partial charge on any atom is -0.303 e. The fraction of sp³-hybridized carbons (Fsp3) is 0.294. The molecule has 0 radical (unpaired) electrons. The highest BCUT2D eigenvalue weighted by Gasteiger charge is 2.36. The highest BCUT2D eigenvalue weighted by molar-refractivity contribution is 7.89. The largest absolute Gasteiger partial charge is 0.303 e. The average molecular weight is 352 g/mol. The van der Waals surface area contributed by atoms with E-state index in [9.17, 15) is 17.2 Å². The number of nitrogens with zero attached hydrogens (tertiary/aromatic N) is 2. The SMILES string of the molecule is CN1CCN(S(=O)(=O)c2cc(F)cc(F)c2)[C@H](c2ccccc2)C1. The van der Waals surface area contributed by atoms with Crippen LogP contribution in [0, 0.1) is 11.6 Å². The van der Waals surface area contributed by atoms with Gasteiger partial charge in [0.15, 0.2) is 0 Å². The zero-order chi connectivity index (χ0) is 17.3. The van der Waals surface area contributed by atoms with Crippen molar-refractivity contribution < 1.29 is 17.2 Å². The van der Waals surface area contributed by atoms with E-state index >= 15 is 0 Å². The highest BCUT2D eigenvalue weighted by atomic mass is 32.2. The summed E-state index contributed by atoms with van der Waals surface area (Å²) >= 11 is 0. The molecule has 0 aromatic heterocycles. The minimum absolute atomic E-state index is 0.260. The van der Waals surface area contributed by atoms with E-state index in [1.807, 2.05) is 42.3 Å². The lowest BCUT2D eigenvalue weighted by Gasteiger charge is -2.39. The summed E-state index contributed by atoms with van der Waals surface area (Å²) < 4.78 is 54.2. The first-order chi connectivity index (χ1) is 11.4. The Labute approximate surface area is 140 Å². The molecule has 2 aromatic carbocycles. The van der Waals surface area contributed by atoms with Crippen LogP contribution >= 0.6 is 0 Å². The van der Waals surface area contributed by atoms with Crippen molar-refractivity contribution in [1.29, 1.82) is 0 Å². The Morgan fingerprint density at radius 1 is 1.00 bits per heavy atom. The number of benzene rings is 2. The van der Waals surface area contributed by atoms with E-state index in [1.165, 1.54) is 4.31 Å². The number of hydrogen-bond donors (Lipinski definition) is 0. The van der Waals surface area contributed by atoms with Gasteiger partial charge in [0.1, 0.15) is 11.6 Å². The molecular weight excluding hydrogens is 334 g/mol. The van der Waals surface area contributed by atoms with Crippen molar-refractivity contribution >= 4 is 10.0 Å². The molecule has 0 saturated carbocycles. The van der Waals surface area contributed by atoms with Crippen molar-refractivity contribution in [3.05, 3.63) is 65.7 Å². The number of halogens is 2. The predicted molar refractivity (Wildman–Crippen MR) is 86.9 cm³/mol. The molecule has 0 N–H and O–H groups in total. The minimum atomic E-state index is -4.00. The molecule has 1 fully saturated rings. The number of likely N-dealkylation sites (N-methyl/N-ethyl adjacent to an activating group) is 1. The molecule has 1 saturated heterocycles. The van der Waals surface area contributed by atoms with Crippen LogP contribution < -0.4 is 0 Å². The molecule has 128 valence electrons. The van der Waals surface area contributed by atoms with Crippen molar-refractivity contribution in [2.45, 2.75) is 10.9 Å². The van der Waals surface area contributed by atoms with E-state index in [0.717, 1.165) is 17.7 Å². The molecule has 0 spiro atoms. The molecule has 7 heteroatoms. The summed E-state index contributed by atoms with van der Waals surface area (Å²) in [6.07, 6.45) is 0. The van der Waals surface area contributed by atoms with Gasteiger partial charge in [-0.25, -0.2) is 17.2 Å². The van der Waals surface area contributed by atoms with Crippen LogP contribution in [-0.4, -0.2) is 44.3 Å². The van der Waals surface area contributed by atoms with E-state index in [0.29, 0.717) is 19.2 Å². The van der Waals surface area contributed by atoms with Crippen LogP contribution in [0.5, 0.6) is 0 Å². The topological polar surface area (TPSA) is 40.6 Å². The summed E-state index contributed by atoms with van der Waals surface area (Å²) in [6.45, 7) is 1.33. The van der Waals surface area contributed by atoms with Crippen molar-refractivity contribution in [1.82, 2.24) is 9.21 Å². The molecule has 1 aliphatic rings. The maximum absolute atomic E-state index is 13.5. The van der Waals surface area contributed by atoms with Crippen LogP contribution in [0.2, 0.25) is 0 Å². The predicted octanol–water partition coefficient (Wildman–Crippen LogP) is 2.64. The molecule has 0 amide bonds. The van der Waals surface area contributed by atoms with Gasteiger partial charge in [-0.1, -0.05) is 30.3 Å². The van der Waals surface area contributed by atoms with Gasteiger partial charge in [-0.3, -0.25) is 0 Å². The first kappa shape index (κ1) is 17.0. The Morgan fingerprint density at radius 3 is 2.25 bits per heavy atom. The van der Waals surface area contributed by atoms with Gasteiger partial charge in [-0.2, -0.15) is 4.31 Å². The van der Waals surface area contributed by atoms with E-state index in [4.69, 9.17) is 0 Å². The second-order valence-electron chi connectivity index (χ2n) is 5.91. The smallest absolute Gasteiger partial charge is 0.243 e. The van der Waals surface area contributed by atoms with Gasteiger partial charge in [0.05, 0.1) is 10.9 Å². The van der Waals surface area contributed by atoms with Crippen LogP contribution in [0.1, 0.15) is 11.6 Å². The summed E-state index contributed by atoms with van der Waals surface area (Å²) in [5.74, 6) is -1.81. The van der Waals surface area contributed by atoms with Crippen molar-refractivity contribution in [3.8, 4) is 0 Å². The Morgan fingerprint density at radius 2 is 1.62 bits per heavy atom. The summed E-state index contributed by atoms with van der Waals surface area (Å²) in [4.78, 5) is 1.68. The Kier molecular flexibility index (Phi) is 4.67. The van der Waals surface area contributed by atoms with Gasteiger partial charge in [0.25, 0.3) is 0 Å². The molecule has 0 bridgehead atoms. The zero-order valence-corrected chi connectivity index (χ0v) is 14.0. The van der Waals surface area contributed by atoms with Crippen molar-refractivity contribution in [2.75, 3.05) is 26.7 Å². The van der Waals surface area contributed by atoms with E-state index in [2.05, 4.69) is 0 Å². The van der Waals surface area contributed by atoms with Crippen LogP contribution in [-0.2, 0) is 10.0 Å². The fourth-order valence-corrected chi connectivity index (χ4v) is 4.59. The molecule has 0 aliphatic carbocycles. The molecule has 2 aromatic rings. The normalized spacial score (nSPS) is 20.2. The van der Waals surface area contributed by atoms with Gasteiger partial charge in [0.2, 0.25) is 10.0 Å². The molecule has 24 heavy (non-hydrogen) atoms. The van der Waals surface area contributed by atoms with E-state index in [1.54, 1.807) is 0 Å². The van der Waals surface area contributed by atoms with Crippen LogP contribution in [0.4, 0.5) is 8.78 Å². The molecule has 3 rings (SSSR count). The standard InChI is InChI=1S/C17H18F2N2O2S/c1-20-7-8-21(17(12-20)13-5-3-2-4-6-13)24(22,23)16-10-14(18)9-15(19)11-16/h2-6,9-11,17H,7-8,12H2,1H3/t17-/m0/s1. The van der Waals surface area contributed by atoms with Crippen LogP contribution in [0.15, 0.2) is 53.4 Å². The molecule has 1 heterocycles. The van der Waals surface area contributed by atoms with Crippen molar-refractivity contribution in [2.24, 2.45) is 0 Å². The van der Waals surface area contributed by atoms with E-state index in [-0.39, 0.29) is 11.4 Å². The Balaban J connectivity index is 2.03. The maximum atomic E-state index is 13.5. The van der Waals surface area contributed by atoms with Gasteiger partial charge >= 0.3 is 0 Å². The zero-order valence-electron chi connectivity index (χ0n) is 13.2. The Hall–Kier alpha value is -1.83. The number of hydrogen-bond acceptors (Lipinski definition) is 3. The summed E-state index contributed by atoms with van der Waals surface area (Å²) in [5, 5.41) is 0. The van der Waals surface area contributed by atoms with Gasteiger partial charge < -0.3 is 4.90 Å². The van der Waals surface area contributed by atoms with Crippen molar-refractivity contribution in [3.63, 3.8) is 0 Å². The second kappa shape index (κ2) is 6.58. The first-order valence-corrected chi connectivity index (χ1v) is 9.03. The quantitative estimate of drug-likeness (QED) is 0.853. The van der Waals surface area contributed by atoms with Gasteiger partial charge in [-0.05, 0) is 24.7 Å². The Bertz CT molecular complexity index is 807. The third-order valence-corrected chi connectivity index (χ3v) is 6.05. The number of piperazine rings is 1. The summed E-state index contributed by atoms with van der Waals surface area (Å²) in [7, 11) is -2.08. The fourth-order valence-electron chi connectivity index (χ4n) is 2.95. The summed E-state index contributed by atoms with van der Waals surface area (Å²) in [5.41, 5.74) is 0.851.